The maximum Gasteiger partial charge on any atom is 0.226 e. The van der Waals surface area contributed by atoms with Crippen LogP contribution >= 0.6 is 0 Å². The summed E-state index contributed by atoms with van der Waals surface area (Å²) < 4.78 is 0. The molecule has 4 unspecified atom stereocenters. The molecule has 1 aliphatic heterocycles. The molecule has 1 saturated carbocycles. The van der Waals surface area contributed by atoms with Crippen LogP contribution < -0.4 is 5.73 Å². The highest BCUT2D eigenvalue weighted by molar-refractivity contribution is 5.80. The van der Waals surface area contributed by atoms with E-state index in [-0.39, 0.29) is 5.92 Å². The summed E-state index contributed by atoms with van der Waals surface area (Å²) in [6, 6.07) is 0.781. The zero-order valence-electron chi connectivity index (χ0n) is 12.1. The normalized spacial score (nSPS) is 37.3. The molecule has 1 aliphatic carbocycles. The van der Waals surface area contributed by atoms with Crippen LogP contribution in [0.5, 0.6) is 0 Å². The molecule has 0 aromatic carbocycles. The van der Waals surface area contributed by atoms with E-state index < -0.39 is 0 Å². The summed E-state index contributed by atoms with van der Waals surface area (Å²) in [5.74, 6) is 1.67. The summed E-state index contributed by atoms with van der Waals surface area (Å²) in [6.45, 7) is 7.63. The van der Waals surface area contributed by atoms with Crippen LogP contribution in [0.1, 0.15) is 52.9 Å². The van der Waals surface area contributed by atoms with Crippen LogP contribution in [-0.2, 0) is 4.79 Å². The van der Waals surface area contributed by atoms with Gasteiger partial charge in [0, 0.05) is 24.5 Å². The molecular weight excluding hydrogens is 224 g/mol. The Labute approximate surface area is 111 Å². The predicted octanol–water partition coefficient (Wildman–Crippen LogP) is 2.40. The first kappa shape index (κ1) is 13.9. The summed E-state index contributed by atoms with van der Waals surface area (Å²) in [5, 5.41) is 0. The highest BCUT2D eigenvalue weighted by Crippen LogP contribution is 2.33. The molecule has 1 saturated heterocycles. The quantitative estimate of drug-likeness (QED) is 0.820. The maximum atomic E-state index is 12.7. The summed E-state index contributed by atoms with van der Waals surface area (Å²) >= 11 is 0. The van der Waals surface area contributed by atoms with Crippen molar-refractivity contribution >= 4 is 5.91 Å². The predicted molar refractivity (Wildman–Crippen MR) is 74.1 cm³/mol. The van der Waals surface area contributed by atoms with E-state index in [9.17, 15) is 4.79 Å². The van der Waals surface area contributed by atoms with Gasteiger partial charge in [0.05, 0.1) is 0 Å². The lowest BCUT2D eigenvalue weighted by Crippen LogP contribution is -2.46. The Morgan fingerprint density at radius 3 is 2.61 bits per heavy atom. The summed E-state index contributed by atoms with van der Waals surface area (Å²) in [6.07, 6.45) is 5.37. The number of hydrogen-bond donors (Lipinski definition) is 1. The minimum atomic E-state index is 0.226. The molecule has 0 bridgehead atoms. The van der Waals surface area contributed by atoms with E-state index in [1.165, 1.54) is 12.8 Å². The van der Waals surface area contributed by atoms with E-state index in [1.54, 1.807) is 0 Å². The van der Waals surface area contributed by atoms with Gasteiger partial charge in [-0.1, -0.05) is 20.8 Å². The smallest absolute Gasteiger partial charge is 0.226 e. The minimum absolute atomic E-state index is 0.226. The highest BCUT2D eigenvalue weighted by Gasteiger charge is 2.38. The molecule has 0 radical (unpaired) electrons. The second kappa shape index (κ2) is 5.60. The SMILES string of the molecule is CC(C)C1CCCN1C(=O)C1CCC(N)CC1C. The van der Waals surface area contributed by atoms with Crippen LogP contribution in [-0.4, -0.2) is 29.4 Å². The van der Waals surface area contributed by atoms with Gasteiger partial charge in [0.25, 0.3) is 0 Å². The molecule has 0 aromatic rings. The minimum Gasteiger partial charge on any atom is -0.339 e. The molecule has 0 aromatic heterocycles. The van der Waals surface area contributed by atoms with Gasteiger partial charge in [-0.05, 0) is 43.9 Å². The second-order valence-electron chi connectivity index (χ2n) is 6.64. The number of likely N-dealkylation sites (tertiary alicyclic amines) is 1. The summed E-state index contributed by atoms with van der Waals surface area (Å²) in [7, 11) is 0. The van der Waals surface area contributed by atoms with E-state index in [1.807, 2.05) is 0 Å². The van der Waals surface area contributed by atoms with Gasteiger partial charge >= 0.3 is 0 Å². The van der Waals surface area contributed by atoms with E-state index >= 15 is 0 Å². The van der Waals surface area contributed by atoms with Crippen molar-refractivity contribution in [2.24, 2.45) is 23.5 Å². The first-order valence-corrected chi connectivity index (χ1v) is 7.56. The van der Waals surface area contributed by atoms with Gasteiger partial charge in [0.1, 0.15) is 0 Å². The van der Waals surface area contributed by atoms with Gasteiger partial charge in [0.2, 0.25) is 5.91 Å². The molecule has 2 rings (SSSR count). The van der Waals surface area contributed by atoms with Gasteiger partial charge in [0.15, 0.2) is 0 Å². The van der Waals surface area contributed by atoms with E-state index in [2.05, 4.69) is 25.7 Å². The van der Waals surface area contributed by atoms with E-state index in [0.717, 1.165) is 25.8 Å². The van der Waals surface area contributed by atoms with Crippen LogP contribution in [0.4, 0.5) is 0 Å². The Hall–Kier alpha value is -0.570. The molecule has 104 valence electrons. The third kappa shape index (κ3) is 2.71. The fourth-order valence-electron chi connectivity index (χ4n) is 3.78. The van der Waals surface area contributed by atoms with Crippen molar-refractivity contribution in [2.45, 2.75) is 65.0 Å². The average molecular weight is 252 g/mol. The Balaban J connectivity index is 2.02. The van der Waals surface area contributed by atoms with Gasteiger partial charge in [-0.15, -0.1) is 0 Å². The number of rotatable bonds is 2. The van der Waals surface area contributed by atoms with Crippen molar-refractivity contribution < 1.29 is 4.79 Å². The Bertz CT molecular complexity index is 303. The van der Waals surface area contributed by atoms with Crippen molar-refractivity contribution in [1.82, 2.24) is 4.90 Å². The number of nitrogens with two attached hydrogens (primary N) is 1. The van der Waals surface area contributed by atoms with Crippen LogP contribution in [0.15, 0.2) is 0 Å². The molecule has 3 heteroatoms. The molecule has 1 amide bonds. The van der Waals surface area contributed by atoms with Gasteiger partial charge in [-0.2, -0.15) is 0 Å². The van der Waals surface area contributed by atoms with Gasteiger partial charge in [-0.25, -0.2) is 0 Å². The zero-order valence-corrected chi connectivity index (χ0v) is 12.1. The zero-order chi connectivity index (χ0) is 13.3. The van der Waals surface area contributed by atoms with Crippen LogP contribution in [0.2, 0.25) is 0 Å². The Kier molecular flexibility index (Phi) is 4.31. The third-order valence-electron chi connectivity index (χ3n) is 4.88. The lowest BCUT2D eigenvalue weighted by Gasteiger charge is -2.37. The number of nitrogens with zero attached hydrogens (tertiary/aromatic N) is 1. The number of hydrogen-bond acceptors (Lipinski definition) is 2. The van der Waals surface area contributed by atoms with E-state index in [4.69, 9.17) is 5.73 Å². The standard InChI is InChI=1S/C15H28N2O/c1-10(2)14-5-4-8-17(14)15(18)13-7-6-12(16)9-11(13)3/h10-14H,4-9,16H2,1-3H3. The van der Waals surface area contributed by atoms with Crippen molar-refractivity contribution in [2.75, 3.05) is 6.54 Å². The molecule has 2 N–H and O–H groups in total. The molecule has 0 spiro atoms. The topological polar surface area (TPSA) is 46.3 Å². The fourth-order valence-corrected chi connectivity index (χ4v) is 3.78. The number of amides is 1. The summed E-state index contributed by atoms with van der Waals surface area (Å²) in [5.41, 5.74) is 5.99. The maximum absolute atomic E-state index is 12.7. The van der Waals surface area contributed by atoms with Gasteiger partial charge < -0.3 is 10.6 Å². The first-order chi connectivity index (χ1) is 8.50. The molecular formula is C15H28N2O. The average Bonchev–Trinajstić information content (AvgIpc) is 2.77. The first-order valence-electron chi connectivity index (χ1n) is 7.56. The fraction of sp³-hybridized carbons (Fsp3) is 0.933. The largest absolute Gasteiger partial charge is 0.339 e. The number of carbonyl (C=O) groups is 1. The molecule has 1 heterocycles. The third-order valence-corrected chi connectivity index (χ3v) is 4.88. The molecule has 4 atom stereocenters. The lowest BCUT2D eigenvalue weighted by molar-refractivity contribution is -0.140. The molecule has 18 heavy (non-hydrogen) atoms. The Morgan fingerprint density at radius 2 is 2.00 bits per heavy atom. The molecule has 2 fully saturated rings. The van der Waals surface area contributed by atoms with Crippen LogP contribution in [0.3, 0.4) is 0 Å². The van der Waals surface area contributed by atoms with Crippen LogP contribution in [0.25, 0.3) is 0 Å². The van der Waals surface area contributed by atoms with Crippen molar-refractivity contribution in [3.05, 3.63) is 0 Å². The molecule has 2 aliphatic rings. The van der Waals surface area contributed by atoms with Crippen molar-refractivity contribution in [1.29, 1.82) is 0 Å². The monoisotopic (exact) mass is 252 g/mol. The number of carbonyl (C=O) groups excluding carboxylic acids is 1. The lowest BCUT2D eigenvalue weighted by atomic mass is 9.77. The van der Waals surface area contributed by atoms with Crippen LogP contribution in [0, 0.1) is 17.8 Å². The van der Waals surface area contributed by atoms with Crippen molar-refractivity contribution in [3.63, 3.8) is 0 Å². The molecule has 3 nitrogen and oxygen atoms in total. The second-order valence-corrected chi connectivity index (χ2v) is 6.64. The summed E-state index contributed by atoms with van der Waals surface area (Å²) in [4.78, 5) is 14.9. The van der Waals surface area contributed by atoms with E-state index in [0.29, 0.717) is 29.8 Å². The van der Waals surface area contributed by atoms with Gasteiger partial charge in [-0.3, -0.25) is 4.79 Å². The highest BCUT2D eigenvalue weighted by atomic mass is 16.2. The Morgan fingerprint density at radius 1 is 1.28 bits per heavy atom. The van der Waals surface area contributed by atoms with Crippen molar-refractivity contribution in [3.8, 4) is 0 Å².